The van der Waals surface area contributed by atoms with Gasteiger partial charge in [0.1, 0.15) is 6.04 Å². The van der Waals surface area contributed by atoms with Crippen molar-refractivity contribution < 1.29 is 23.9 Å². The Bertz CT molecular complexity index is 979. The second-order valence-electron chi connectivity index (χ2n) is 7.82. The number of esters is 1. The number of ether oxygens (including phenoxy) is 1. The predicted molar refractivity (Wildman–Crippen MR) is 112 cm³/mol. The molecule has 7 heteroatoms. The van der Waals surface area contributed by atoms with Crippen molar-refractivity contribution in [1.82, 2.24) is 9.80 Å². The summed E-state index contributed by atoms with van der Waals surface area (Å²) in [5, 5.41) is 0. The molecule has 0 N–H and O–H groups in total. The van der Waals surface area contributed by atoms with Crippen LogP contribution in [0.25, 0.3) is 0 Å². The summed E-state index contributed by atoms with van der Waals surface area (Å²) in [5.41, 5.74) is 1.08. The maximum absolute atomic E-state index is 13.2. The number of hydrogen-bond acceptors (Lipinski definition) is 5. The van der Waals surface area contributed by atoms with Crippen molar-refractivity contribution in [2.45, 2.75) is 38.3 Å². The number of amides is 3. The van der Waals surface area contributed by atoms with Crippen LogP contribution in [0, 0.1) is 0 Å². The normalized spacial score (nSPS) is 17.8. The van der Waals surface area contributed by atoms with Crippen molar-refractivity contribution in [1.29, 1.82) is 0 Å². The smallest absolute Gasteiger partial charge is 0.330 e. The molecule has 2 heterocycles. The summed E-state index contributed by atoms with van der Waals surface area (Å²) in [6, 6.07) is 14.1. The van der Waals surface area contributed by atoms with E-state index in [-0.39, 0.29) is 17.0 Å². The lowest BCUT2D eigenvalue weighted by molar-refractivity contribution is -0.164. The highest BCUT2D eigenvalue weighted by Crippen LogP contribution is 2.27. The van der Waals surface area contributed by atoms with E-state index in [1.165, 1.54) is 6.92 Å². The third kappa shape index (κ3) is 3.95. The van der Waals surface area contributed by atoms with Gasteiger partial charge in [-0.25, -0.2) is 4.79 Å². The van der Waals surface area contributed by atoms with Crippen molar-refractivity contribution >= 4 is 23.7 Å². The molecule has 31 heavy (non-hydrogen) atoms. The van der Waals surface area contributed by atoms with Crippen LogP contribution in [0.15, 0.2) is 54.6 Å². The Kier molecular flexibility index (Phi) is 5.84. The van der Waals surface area contributed by atoms with Crippen LogP contribution in [-0.4, -0.2) is 52.6 Å². The van der Waals surface area contributed by atoms with Gasteiger partial charge in [-0.15, -0.1) is 0 Å². The SMILES string of the molecule is C[C@@H](C(=O)O[C@H](C(=O)N1CCCCC1)c1ccccc1)N1C(=O)c2ccccc2C1=O. The molecule has 160 valence electrons. The third-order valence-corrected chi connectivity index (χ3v) is 5.78. The van der Waals surface area contributed by atoms with E-state index in [0.717, 1.165) is 24.2 Å². The highest BCUT2D eigenvalue weighted by molar-refractivity contribution is 6.22. The molecule has 1 saturated heterocycles. The van der Waals surface area contributed by atoms with E-state index in [0.29, 0.717) is 18.7 Å². The summed E-state index contributed by atoms with van der Waals surface area (Å²) < 4.78 is 5.65. The first kappa shape index (κ1) is 20.8. The molecule has 0 unspecified atom stereocenters. The zero-order valence-corrected chi connectivity index (χ0v) is 17.3. The lowest BCUT2D eigenvalue weighted by atomic mass is 10.1. The fourth-order valence-corrected chi connectivity index (χ4v) is 4.05. The molecule has 0 radical (unpaired) electrons. The molecular formula is C24H24N2O5. The van der Waals surface area contributed by atoms with E-state index in [4.69, 9.17) is 4.74 Å². The molecule has 2 aromatic carbocycles. The third-order valence-electron chi connectivity index (χ3n) is 5.78. The zero-order valence-electron chi connectivity index (χ0n) is 17.3. The predicted octanol–water partition coefficient (Wildman–Crippen LogP) is 2.97. The Morgan fingerprint density at radius 1 is 0.839 bits per heavy atom. The molecular weight excluding hydrogens is 396 g/mol. The van der Waals surface area contributed by atoms with Crippen LogP contribution in [0.2, 0.25) is 0 Å². The van der Waals surface area contributed by atoms with Gasteiger partial charge in [0.2, 0.25) is 6.10 Å². The van der Waals surface area contributed by atoms with E-state index in [1.807, 2.05) is 6.07 Å². The van der Waals surface area contributed by atoms with Gasteiger partial charge in [0.15, 0.2) is 0 Å². The molecule has 3 amide bonds. The van der Waals surface area contributed by atoms with Crippen molar-refractivity contribution in [2.24, 2.45) is 0 Å². The van der Waals surface area contributed by atoms with Gasteiger partial charge < -0.3 is 9.64 Å². The van der Waals surface area contributed by atoms with Crippen molar-refractivity contribution in [3.63, 3.8) is 0 Å². The number of carbonyl (C=O) groups excluding carboxylic acids is 4. The number of piperidine rings is 1. The van der Waals surface area contributed by atoms with E-state index >= 15 is 0 Å². The number of carbonyl (C=O) groups is 4. The number of nitrogens with zero attached hydrogens (tertiary/aromatic N) is 2. The van der Waals surface area contributed by atoms with Gasteiger partial charge in [0.25, 0.3) is 17.7 Å². The largest absolute Gasteiger partial charge is 0.446 e. The maximum Gasteiger partial charge on any atom is 0.330 e. The minimum absolute atomic E-state index is 0.260. The van der Waals surface area contributed by atoms with Crippen LogP contribution in [0.5, 0.6) is 0 Å². The number of rotatable bonds is 5. The molecule has 7 nitrogen and oxygen atoms in total. The second-order valence-corrected chi connectivity index (χ2v) is 7.82. The Balaban J connectivity index is 1.55. The highest BCUT2D eigenvalue weighted by Gasteiger charge is 2.42. The Hall–Kier alpha value is -3.48. The molecule has 0 bridgehead atoms. The summed E-state index contributed by atoms with van der Waals surface area (Å²) in [4.78, 5) is 54.2. The van der Waals surface area contributed by atoms with Gasteiger partial charge in [-0.05, 0) is 38.3 Å². The maximum atomic E-state index is 13.2. The number of likely N-dealkylation sites (tertiary alicyclic amines) is 1. The Morgan fingerprint density at radius 3 is 1.97 bits per heavy atom. The minimum atomic E-state index is -1.16. The quantitative estimate of drug-likeness (QED) is 0.549. The number of hydrogen-bond donors (Lipinski definition) is 0. The molecule has 4 rings (SSSR count). The summed E-state index contributed by atoms with van der Waals surface area (Å²) in [6.07, 6.45) is 1.76. The van der Waals surface area contributed by atoms with Crippen LogP contribution in [-0.2, 0) is 14.3 Å². The monoisotopic (exact) mass is 420 g/mol. The average molecular weight is 420 g/mol. The molecule has 2 aromatic rings. The van der Waals surface area contributed by atoms with Crippen molar-refractivity contribution in [2.75, 3.05) is 13.1 Å². The molecule has 0 aromatic heterocycles. The van der Waals surface area contributed by atoms with E-state index in [1.54, 1.807) is 53.4 Å². The van der Waals surface area contributed by atoms with Gasteiger partial charge in [-0.3, -0.25) is 19.3 Å². The van der Waals surface area contributed by atoms with Gasteiger partial charge in [0, 0.05) is 18.7 Å². The first-order chi connectivity index (χ1) is 15.0. The number of fused-ring (bicyclic) bond motifs is 1. The minimum Gasteiger partial charge on any atom is -0.446 e. The molecule has 0 spiro atoms. The van der Waals surface area contributed by atoms with Crippen molar-refractivity contribution in [3.8, 4) is 0 Å². The molecule has 0 saturated carbocycles. The van der Waals surface area contributed by atoms with E-state index < -0.39 is 29.9 Å². The van der Waals surface area contributed by atoms with Gasteiger partial charge in [-0.1, -0.05) is 42.5 Å². The van der Waals surface area contributed by atoms with E-state index in [9.17, 15) is 19.2 Å². The Labute approximate surface area is 180 Å². The van der Waals surface area contributed by atoms with Crippen molar-refractivity contribution in [3.05, 3.63) is 71.3 Å². The van der Waals surface area contributed by atoms with Crippen LogP contribution in [0.4, 0.5) is 0 Å². The Morgan fingerprint density at radius 2 is 1.39 bits per heavy atom. The topological polar surface area (TPSA) is 84.0 Å². The first-order valence-corrected chi connectivity index (χ1v) is 10.5. The zero-order chi connectivity index (χ0) is 22.0. The fourth-order valence-electron chi connectivity index (χ4n) is 4.05. The van der Waals surface area contributed by atoms with Gasteiger partial charge in [0.05, 0.1) is 11.1 Å². The van der Waals surface area contributed by atoms with Crippen LogP contribution in [0.3, 0.4) is 0 Å². The standard InChI is InChI=1S/C24H24N2O5/c1-16(26-21(27)18-12-6-7-13-19(18)22(26)28)24(30)31-20(17-10-4-2-5-11-17)23(29)25-14-8-3-9-15-25/h2,4-7,10-13,16,20H,3,8-9,14-15H2,1H3/t16-,20-/m0/s1. The molecule has 2 atom stereocenters. The lowest BCUT2D eigenvalue weighted by Gasteiger charge is -2.31. The van der Waals surface area contributed by atoms with Gasteiger partial charge in [-0.2, -0.15) is 0 Å². The second kappa shape index (κ2) is 8.71. The van der Waals surface area contributed by atoms with Crippen LogP contribution >= 0.6 is 0 Å². The summed E-state index contributed by atoms with van der Waals surface area (Å²) in [6.45, 7) is 2.68. The number of benzene rings is 2. The van der Waals surface area contributed by atoms with Crippen LogP contribution in [0.1, 0.15) is 58.6 Å². The fraction of sp³-hybridized carbons (Fsp3) is 0.333. The molecule has 0 aliphatic carbocycles. The molecule has 1 fully saturated rings. The molecule has 2 aliphatic heterocycles. The first-order valence-electron chi connectivity index (χ1n) is 10.5. The summed E-state index contributed by atoms with van der Waals surface area (Å²) in [5.74, 6) is -2.16. The highest BCUT2D eigenvalue weighted by atomic mass is 16.6. The van der Waals surface area contributed by atoms with E-state index in [2.05, 4.69) is 0 Å². The molecule has 2 aliphatic rings. The summed E-state index contributed by atoms with van der Waals surface area (Å²) in [7, 11) is 0. The van der Waals surface area contributed by atoms with Gasteiger partial charge >= 0.3 is 5.97 Å². The lowest BCUT2D eigenvalue weighted by Crippen LogP contribution is -2.46. The summed E-state index contributed by atoms with van der Waals surface area (Å²) >= 11 is 0. The number of imide groups is 1. The van der Waals surface area contributed by atoms with Crippen LogP contribution < -0.4 is 0 Å². The average Bonchev–Trinajstić information content (AvgIpc) is 3.07.